The normalized spacial score (nSPS) is 18.2. The molecule has 1 aliphatic heterocycles. The summed E-state index contributed by atoms with van der Waals surface area (Å²) in [6.45, 7) is 0.622. The highest BCUT2D eigenvalue weighted by atomic mass is 35.5. The van der Waals surface area contributed by atoms with Gasteiger partial charge in [-0.3, -0.25) is 4.98 Å². The molecular formula is C16H14ClN3O3S. The van der Waals surface area contributed by atoms with Gasteiger partial charge < -0.3 is 4.74 Å². The van der Waals surface area contributed by atoms with Gasteiger partial charge in [0, 0.05) is 25.0 Å². The molecule has 3 rings (SSSR count). The molecule has 8 heteroatoms. The van der Waals surface area contributed by atoms with E-state index in [1.54, 1.807) is 12.3 Å². The minimum absolute atomic E-state index is 0.170. The molecule has 0 amide bonds. The SMILES string of the molecule is N#Cc1ccc(S(=O)(=O)N2CCC(Oc3ccncc3Cl)C2)cc1. The maximum absolute atomic E-state index is 12.7. The van der Waals surface area contributed by atoms with Crippen LogP contribution in [0.1, 0.15) is 12.0 Å². The molecule has 0 N–H and O–H groups in total. The number of pyridine rings is 1. The van der Waals surface area contributed by atoms with Gasteiger partial charge in [-0.25, -0.2) is 8.42 Å². The predicted octanol–water partition coefficient (Wildman–Crippen LogP) is 2.45. The molecule has 1 aromatic heterocycles. The van der Waals surface area contributed by atoms with Crippen molar-refractivity contribution in [2.75, 3.05) is 13.1 Å². The Morgan fingerprint density at radius 1 is 1.29 bits per heavy atom. The van der Waals surface area contributed by atoms with Gasteiger partial charge in [-0.05, 0) is 30.7 Å². The smallest absolute Gasteiger partial charge is 0.243 e. The summed E-state index contributed by atoms with van der Waals surface area (Å²) in [5.41, 5.74) is 0.420. The molecule has 24 heavy (non-hydrogen) atoms. The lowest BCUT2D eigenvalue weighted by Gasteiger charge is -2.17. The summed E-state index contributed by atoms with van der Waals surface area (Å²) in [6.07, 6.45) is 3.37. The van der Waals surface area contributed by atoms with Crippen LogP contribution < -0.4 is 4.74 Å². The Morgan fingerprint density at radius 3 is 2.71 bits per heavy atom. The first-order valence-corrected chi connectivity index (χ1v) is 9.09. The summed E-state index contributed by atoms with van der Waals surface area (Å²) in [4.78, 5) is 4.06. The van der Waals surface area contributed by atoms with Gasteiger partial charge in [0.1, 0.15) is 16.9 Å². The molecule has 0 saturated carbocycles. The molecule has 0 bridgehead atoms. The van der Waals surface area contributed by atoms with Crippen LogP contribution >= 0.6 is 11.6 Å². The number of rotatable bonds is 4. The van der Waals surface area contributed by atoms with Crippen molar-refractivity contribution < 1.29 is 13.2 Å². The first-order chi connectivity index (χ1) is 11.5. The van der Waals surface area contributed by atoms with E-state index in [0.29, 0.717) is 29.3 Å². The molecule has 1 aliphatic rings. The van der Waals surface area contributed by atoms with E-state index >= 15 is 0 Å². The van der Waals surface area contributed by atoms with E-state index in [4.69, 9.17) is 21.6 Å². The van der Waals surface area contributed by atoms with E-state index in [1.807, 2.05) is 6.07 Å². The van der Waals surface area contributed by atoms with Gasteiger partial charge in [0.05, 0.1) is 23.1 Å². The minimum Gasteiger partial charge on any atom is -0.487 e. The third-order valence-corrected chi connectivity index (χ3v) is 5.92. The van der Waals surface area contributed by atoms with Gasteiger partial charge >= 0.3 is 0 Å². The fourth-order valence-electron chi connectivity index (χ4n) is 2.50. The molecule has 1 atom stereocenters. The molecule has 0 aliphatic carbocycles. The van der Waals surface area contributed by atoms with Gasteiger partial charge in [-0.1, -0.05) is 11.6 Å². The van der Waals surface area contributed by atoms with Crippen LogP contribution in [0.3, 0.4) is 0 Å². The van der Waals surface area contributed by atoms with Crippen LogP contribution in [0.2, 0.25) is 5.02 Å². The molecule has 6 nitrogen and oxygen atoms in total. The number of aromatic nitrogens is 1. The summed E-state index contributed by atoms with van der Waals surface area (Å²) in [5, 5.41) is 9.19. The molecular weight excluding hydrogens is 350 g/mol. The summed E-state index contributed by atoms with van der Waals surface area (Å²) in [6, 6.07) is 9.50. The van der Waals surface area contributed by atoms with Gasteiger partial charge in [0.2, 0.25) is 10.0 Å². The Bertz CT molecular complexity index is 878. The summed E-state index contributed by atoms with van der Waals surface area (Å²) < 4.78 is 32.5. The Kier molecular flexibility index (Phi) is 4.71. The zero-order valence-corrected chi connectivity index (χ0v) is 14.2. The number of nitriles is 1. The third kappa shape index (κ3) is 3.36. The molecule has 1 fully saturated rings. The second-order valence-electron chi connectivity index (χ2n) is 5.33. The largest absolute Gasteiger partial charge is 0.487 e. The van der Waals surface area contributed by atoms with Gasteiger partial charge in [-0.2, -0.15) is 9.57 Å². The van der Waals surface area contributed by atoms with Crippen LogP contribution in [0.4, 0.5) is 0 Å². The van der Waals surface area contributed by atoms with E-state index in [0.717, 1.165) is 0 Å². The van der Waals surface area contributed by atoms with Gasteiger partial charge in [0.15, 0.2) is 0 Å². The fraction of sp³-hybridized carbons (Fsp3) is 0.250. The zero-order chi connectivity index (χ0) is 17.2. The molecule has 1 unspecified atom stereocenters. The van der Waals surface area contributed by atoms with Gasteiger partial charge in [-0.15, -0.1) is 0 Å². The Hall–Kier alpha value is -2.14. The lowest BCUT2D eigenvalue weighted by molar-refractivity contribution is 0.215. The van der Waals surface area contributed by atoms with Crippen LogP contribution in [-0.4, -0.2) is 36.9 Å². The average molecular weight is 364 g/mol. The van der Waals surface area contributed by atoms with E-state index in [1.165, 1.54) is 34.8 Å². The number of nitrogens with zero attached hydrogens (tertiary/aromatic N) is 3. The number of hydrogen-bond donors (Lipinski definition) is 0. The van der Waals surface area contributed by atoms with Crippen molar-refractivity contribution >= 4 is 21.6 Å². The fourth-order valence-corrected chi connectivity index (χ4v) is 4.15. The summed E-state index contributed by atoms with van der Waals surface area (Å²) in [5.74, 6) is 0.495. The van der Waals surface area contributed by atoms with E-state index in [9.17, 15) is 8.42 Å². The van der Waals surface area contributed by atoms with Crippen molar-refractivity contribution in [3.63, 3.8) is 0 Å². The maximum Gasteiger partial charge on any atom is 0.243 e. The van der Waals surface area contributed by atoms with E-state index < -0.39 is 10.0 Å². The summed E-state index contributed by atoms with van der Waals surface area (Å²) in [7, 11) is -3.60. The van der Waals surface area contributed by atoms with Gasteiger partial charge in [0.25, 0.3) is 0 Å². The molecule has 2 aromatic rings. The van der Waals surface area contributed by atoms with Crippen molar-refractivity contribution in [1.29, 1.82) is 5.26 Å². The standard InChI is InChI=1S/C16H14ClN3O3S/c17-15-10-19-7-5-16(15)23-13-6-8-20(11-13)24(21,22)14-3-1-12(9-18)2-4-14/h1-5,7,10,13H,6,8,11H2. The molecule has 124 valence electrons. The highest BCUT2D eigenvalue weighted by Crippen LogP contribution is 2.27. The lowest BCUT2D eigenvalue weighted by atomic mass is 10.2. The zero-order valence-electron chi connectivity index (χ0n) is 12.6. The Morgan fingerprint density at radius 2 is 2.04 bits per heavy atom. The third-order valence-electron chi connectivity index (χ3n) is 3.76. The van der Waals surface area contributed by atoms with Crippen molar-refractivity contribution in [1.82, 2.24) is 9.29 Å². The predicted molar refractivity (Wildman–Crippen MR) is 88.2 cm³/mol. The topological polar surface area (TPSA) is 83.3 Å². The first kappa shape index (κ1) is 16.7. The average Bonchev–Trinajstić information content (AvgIpc) is 3.06. The highest BCUT2D eigenvalue weighted by molar-refractivity contribution is 7.89. The number of hydrogen-bond acceptors (Lipinski definition) is 5. The number of halogens is 1. The summed E-state index contributed by atoms with van der Waals surface area (Å²) >= 11 is 6.01. The van der Waals surface area contributed by atoms with Crippen molar-refractivity contribution in [2.45, 2.75) is 17.4 Å². The van der Waals surface area contributed by atoms with Crippen LogP contribution in [0.25, 0.3) is 0 Å². The van der Waals surface area contributed by atoms with Crippen molar-refractivity contribution in [3.8, 4) is 11.8 Å². The quantitative estimate of drug-likeness (QED) is 0.833. The van der Waals surface area contributed by atoms with E-state index in [-0.39, 0.29) is 17.5 Å². The number of sulfonamides is 1. The molecule has 2 heterocycles. The molecule has 1 aromatic carbocycles. The number of ether oxygens (including phenoxy) is 1. The van der Waals surface area contributed by atoms with Crippen LogP contribution in [0, 0.1) is 11.3 Å². The van der Waals surface area contributed by atoms with Crippen molar-refractivity contribution in [3.05, 3.63) is 53.3 Å². The molecule has 0 spiro atoms. The van der Waals surface area contributed by atoms with Crippen LogP contribution in [0.15, 0.2) is 47.6 Å². The molecule has 0 radical (unpaired) electrons. The van der Waals surface area contributed by atoms with Crippen molar-refractivity contribution in [2.24, 2.45) is 0 Å². The molecule has 1 saturated heterocycles. The first-order valence-electron chi connectivity index (χ1n) is 7.27. The second kappa shape index (κ2) is 6.77. The Labute approximate surface area is 145 Å². The van der Waals surface area contributed by atoms with Crippen LogP contribution in [-0.2, 0) is 10.0 Å². The highest BCUT2D eigenvalue weighted by Gasteiger charge is 2.33. The van der Waals surface area contributed by atoms with Crippen LogP contribution in [0.5, 0.6) is 5.75 Å². The maximum atomic E-state index is 12.7. The van der Waals surface area contributed by atoms with E-state index in [2.05, 4.69) is 4.98 Å². The monoisotopic (exact) mass is 363 g/mol. The lowest BCUT2D eigenvalue weighted by Crippen LogP contribution is -2.31. The number of benzene rings is 1. The minimum atomic E-state index is -3.60. The second-order valence-corrected chi connectivity index (χ2v) is 7.68. The Balaban J connectivity index is 1.72.